The summed E-state index contributed by atoms with van der Waals surface area (Å²) in [6.07, 6.45) is 11.6. The maximum atomic E-state index is 5.86. The largest absolute Gasteiger partial charge is 0.370 e. The molecule has 1 aliphatic carbocycles. The van der Waals surface area contributed by atoms with Crippen molar-refractivity contribution in [3.63, 3.8) is 0 Å². The van der Waals surface area contributed by atoms with Crippen LogP contribution < -0.4 is 11.1 Å². The van der Waals surface area contributed by atoms with Crippen LogP contribution in [0.3, 0.4) is 0 Å². The Morgan fingerprint density at radius 3 is 3.00 bits per heavy atom. The van der Waals surface area contributed by atoms with E-state index in [-0.39, 0.29) is 0 Å². The van der Waals surface area contributed by atoms with Crippen LogP contribution in [-0.4, -0.2) is 12.5 Å². The number of terminal acetylenes is 1. The second-order valence-electron chi connectivity index (χ2n) is 4.89. The van der Waals surface area contributed by atoms with E-state index in [2.05, 4.69) is 34.4 Å². The van der Waals surface area contributed by atoms with Crippen molar-refractivity contribution in [2.24, 2.45) is 10.7 Å². The van der Waals surface area contributed by atoms with Gasteiger partial charge in [-0.15, -0.1) is 12.3 Å². The molecular formula is C16H21N3. The van der Waals surface area contributed by atoms with Crippen LogP contribution in [0.15, 0.2) is 23.2 Å². The monoisotopic (exact) mass is 255 g/mol. The normalized spacial score (nSPS) is 13.9. The van der Waals surface area contributed by atoms with Gasteiger partial charge in [0, 0.05) is 18.7 Å². The average Bonchev–Trinajstić information content (AvgIpc) is 2.86. The third-order valence-electron chi connectivity index (χ3n) is 3.38. The number of benzene rings is 1. The standard InChI is InChI=1S/C16H21N3/c1-2-3-4-5-11-18-16(17)19-15-10-9-13-7-6-8-14(13)12-15/h1,9-10,12H,3-8,11H2,(H3,17,18,19). The van der Waals surface area contributed by atoms with E-state index in [1.165, 1.54) is 30.4 Å². The number of fused-ring (bicyclic) bond motifs is 1. The first-order valence-electron chi connectivity index (χ1n) is 6.92. The maximum absolute atomic E-state index is 5.86. The van der Waals surface area contributed by atoms with Crippen molar-refractivity contribution < 1.29 is 0 Å². The summed E-state index contributed by atoms with van der Waals surface area (Å²) >= 11 is 0. The Hall–Kier alpha value is -1.95. The Balaban J connectivity index is 1.83. The van der Waals surface area contributed by atoms with Crippen molar-refractivity contribution in [2.45, 2.75) is 38.5 Å². The van der Waals surface area contributed by atoms with Gasteiger partial charge < -0.3 is 11.1 Å². The molecule has 1 aliphatic rings. The maximum Gasteiger partial charge on any atom is 0.193 e. The highest BCUT2D eigenvalue weighted by Gasteiger charge is 2.10. The summed E-state index contributed by atoms with van der Waals surface area (Å²) in [5.41, 5.74) is 9.80. The molecule has 0 radical (unpaired) electrons. The molecule has 0 amide bonds. The van der Waals surface area contributed by atoms with Crippen molar-refractivity contribution in [3.05, 3.63) is 29.3 Å². The molecule has 3 heteroatoms. The molecule has 0 spiro atoms. The Kier molecular flexibility index (Phi) is 4.85. The number of aryl methyl sites for hydroxylation is 2. The quantitative estimate of drug-likeness (QED) is 0.368. The van der Waals surface area contributed by atoms with Gasteiger partial charge in [-0.2, -0.15) is 0 Å². The first-order chi connectivity index (χ1) is 9.29. The predicted octanol–water partition coefficient (Wildman–Crippen LogP) is 2.71. The van der Waals surface area contributed by atoms with Crippen LogP contribution in [0.2, 0.25) is 0 Å². The molecule has 0 saturated heterocycles. The number of anilines is 1. The Labute approximate surface area is 115 Å². The highest BCUT2D eigenvalue weighted by Crippen LogP contribution is 2.24. The first-order valence-corrected chi connectivity index (χ1v) is 6.92. The molecule has 0 saturated carbocycles. The zero-order chi connectivity index (χ0) is 13.5. The molecule has 0 bridgehead atoms. The van der Waals surface area contributed by atoms with Gasteiger partial charge in [0.2, 0.25) is 0 Å². The Morgan fingerprint density at radius 2 is 2.16 bits per heavy atom. The highest BCUT2D eigenvalue weighted by atomic mass is 15.1. The van der Waals surface area contributed by atoms with Crippen LogP contribution in [0, 0.1) is 12.3 Å². The molecule has 3 N–H and O–H groups in total. The fourth-order valence-corrected chi connectivity index (χ4v) is 2.38. The third kappa shape index (κ3) is 4.03. The molecule has 0 aromatic heterocycles. The third-order valence-corrected chi connectivity index (χ3v) is 3.38. The van der Waals surface area contributed by atoms with Crippen molar-refractivity contribution in [1.82, 2.24) is 0 Å². The Morgan fingerprint density at radius 1 is 1.32 bits per heavy atom. The van der Waals surface area contributed by atoms with Gasteiger partial charge in [0.05, 0.1) is 0 Å². The van der Waals surface area contributed by atoms with Gasteiger partial charge >= 0.3 is 0 Å². The summed E-state index contributed by atoms with van der Waals surface area (Å²) in [6, 6.07) is 6.44. The fraction of sp³-hybridized carbons (Fsp3) is 0.438. The topological polar surface area (TPSA) is 50.4 Å². The molecule has 0 unspecified atom stereocenters. The van der Waals surface area contributed by atoms with Gasteiger partial charge in [0.15, 0.2) is 5.96 Å². The van der Waals surface area contributed by atoms with Crippen molar-refractivity contribution in [3.8, 4) is 12.3 Å². The van der Waals surface area contributed by atoms with E-state index in [1.807, 2.05) is 0 Å². The minimum Gasteiger partial charge on any atom is -0.370 e. The number of aliphatic imine (C=N–C) groups is 1. The summed E-state index contributed by atoms with van der Waals surface area (Å²) in [5, 5.41) is 3.15. The number of nitrogens with two attached hydrogens (primary N) is 1. The summed E-state index contributed by atoms with van der Waals surface area (Å²) in [6.45, 7) is 0.728. The van der Waals surface area contributed by atoms with Gasteiger partial charge in [-0.3, -0.25) is 4.99 Å². The number of nitrogens with one attached hydrogen (secondary N) is 1. The minimum absolute atomic E-state index is 0.485. The van der Waals surface area contributed by atoms with Gasteiger partial charge in [-0.05, 0) is 55.4 Å². The molecule has 0 aliphatic heterocycles. The van der Waals surface area contributed by atoms with Gasteiger partial charge in [0.25, 0.3) is 0 Å². The number of hydrogen-bond donors (Lipinski definition) is 2. The summed E-state index contributed by atoms with van der Waals surface area (Å²) in [7, 11) is 0. The van der Waals surface area contributed by atoms with E-state index in [9.17, 15) is 0 Å². The fourth-order valence-electron chi connectivity index (χ4n) is 2.38. The van der Waals surface area contributed by atoms with Crippen molar-refractivity contribution in [1.29, 1.82) is 0 Å². The zero-order valence-electron chi connectivity index (χ0n) is 11.3. The van der Waals surface area contributed by atoms with E-state index >= 15 is 0 Å². The van der Waals surface area contributed by atoms with Gasteiger partial charge in [0.1, 0.15) is 0 Å². The molecule has 0 atom stereocenters. The lowest BCUT2D eigenvalue weighted by molar-refractivity contribution is 0.768. The molecule has 1 aromatic rings. The molecule has 0 fully saturated rings. The number of unbranched alkanes of at least 4 members (excludes halogenated alkanes) is 2. The molecule has 2 rings (SSSR count). The lowest BCUT2D eigenvalue weighted by Crippen LogP contribution is -2.22. The van der Waals surface area contributed by atoms with Crippen LogP contribution in [0.1, 0.15) is 36.8 Å². The minimum atomic E-state index is 0.485. The van der Waals surface area contributed by atoms with Gasteiger partial charge in [-0.1, -0.05) is 6.07 Å². The van der Waals surface area contributed by atoms with Gasteiger partial charge in [-0.25, -0.2) is 0 Å². The second-order valence-corrected chi connectivity index (χ2v) is 4.89. The van der Waals surface area contributed by atoms with Crippen molar-refractivity contribution >= 4 is 11.6 Å². The van der Waals surface area contributed by atoms with Crippen LogP contribution in [0.4, 0.5) is 5.69 Å². The van der Waals surface area contributed by atoms with Crippen LogP contribution in [0.25, 0.3) is 0 Å². The molecule has 100 valence electrons. The number of nitrogens with zero attached hydrogens (tertiary/aromatic N) is 1. The van der Waals surface area contributed by atoms with E-state index in [0.29, 0.717) is 5.96 Å². The molecule has 3 nitrogen and oxygen atoms in total. The SMILES string of the molecule is C#CCCCCN=C(N)Nc1ccc2c(c1)CCC2. The average molecular weight is 255 g/mol. The summed E-state index contributed by atoms with van der Waals surface area (Å²) in [5.74, 6) is 3.11. The Bertz CT molecular complexity index is 497. The van der Waals surface area contributed by atoms with E-state index in [4.69, 9.17) is 12.2 Å². The lowest BCUT2D eigenvalue weighted by atomic mass is 10.1. The smallest absolute Gasteiger partial charge is 0.193 e. The molecule has 1 aromatic carbocycles. The lowest BCUT2D eigenvalue weighted by Gasteiger charge is -2.07. The van der Waals surface area contributed by atoms with Crippen molar-refractivity contribution in [2.75, 3.05) is 11.9 Å². The number of hydrogen-bond acceptors (Lipinski definition) is 1. The molecule has 0 heterocycles. The van der Waals surface area contributed by atoms with Crippen LogP contribution in [0.5, 0.6) is 0 Å². The molecule has 19 heavy (non-hydrogen) atoms. The van der Waals surface area contributed by atoms with E-state index < -0.39 is 0 Å². The zero-order valence-corrected chi connectivity index (χ0v) is 11.3. The van der Waals surface area contributed by atoms with Crippen LogP contribution >= 0.6 is 0 Å². The number of guanidine groups is 1. The van der Waals surface area contributed by atoms with E-state index in [1.54, 1.807) is 0 Å². The van der Waals surface area contributed by atoms with Crippen LogP contribution in [-0.2, 0) is 12.8 Å². The summed E-state index contributed by atoms with van der Waals surface area (Å²) < 4.78 is 0. The van der Waals surface area contributed by atoms with E-state index in [0.717, 1.165) is 31.5 Å². The number of rotatable bonds is 5. The second kappa shape index (κ2) is 6.84. The molecular weight excluding hydrogens is 234 g/mol. The first kappa shape index (κ1) is 13.5. The summed E-state index contributed by atoms with van der Waals surface area (Å²) in [4.78, 5) is 4.30. The predicted molar refractivity (Wildman–Crippen MR) is 81.3 cm³/mol. The highest BCUT2D eigenvalue weighted by molar-refractivity contribution is 5.92.